The van der Waals surface area contributed by atoms with Crippen LogP contribution < -0.4 is 0 Å². The van der Waals surface area contributed by atoms with Gasteiger partial charge in [-0.05, 0) is 19.1 Å². The van der Waals surface area contributed by atoms with E-state index in [1.807, 2.05) is 6.92 Å². The lowest BCUT2D eigenvalue weighted by molar-refractivity contribution is -0.110. The molecule has 0 aromatic carbocycles. The number of halogens is 1. The molecule has 1 rings (SSSR count). The number of aliphatic hydroxyl groups excluding tert-OH is 1. The van der Waals surface area contributed by atoms with Crippen molar-refractivity contribution in [3.8, 4) is 0 Å². The molecule has 11 heavy (non-hydrogen) atoms. The minimum atomic E-state index is -0.437. The van der Waals surface area contributed by atoms with Crippen molar-refractivity contribution in [1.82, 2.24) is 0 Å². The van der Waals surface area contributed by atoms with E-state index in [-0.39, 0.29) is 11.7 Å². The Morgan fingerprint density at radius 3 is 2.91 bits per heavy atom. The topological polar surface area (TPSA) is 37.3 Å². The molecule has 1 aliphatic rings. The molecule has 0 aromatic heterocycles. The van der Waals surface area contributed by atoms with Gasteiger partial charge in [-0.25, -0.2) is 0 Å². The maximum absolute atomic E-state index is 10.5. The van der Waals surface area contributed by atoms with Gasteiger partial charge in [-0.15, -0.1) is 0 Å². The Balaban J connectivity index is 2.92. The normalized spacial score (nSPS) is 36.5. The van der Waals surface area contributed by atoms with E-state index in [1.165, 1.54) is 6.08 Å². The van der Waals surface area contributed by atoms with E-state index in [0.717, 1.165) is 6.29 Å². The number of allylic oxidation sites excluding steroid dienone is 3. The highest BCUT2D eigenvalue weighted by atomic mass is 79.9. The van der Waals surface area contributed by atoms with Gasteiger partial charge in [0.1, 0.15) is 12.0 Å². The number of carbonyl (C=O) groups is 1. The molecular weight excluding hydrogens is 208 g/mol. The third kappa shape index (κ3) is 1.71. The van der Waals surface area contributed by atoms with Gasteiger partial charge >= 0.3 is 0 Å². The average molecular weight is 217 g/mol. The van der Waals surface area contributed by atoms with Gasteiger partial charge in [0.15, 0.2) is 0 Å². The first kappa shape index (κ1) is 8.53. The second-order valence-corrected chi connectivity index (χ2v) is 4.45. The Morgan fingerprint density at radius 2 is 2.45 bits per heavy atom. The fourth-order valence-electron chi connectivity index (χ4n) is 1.00. The zero-order chi connectivity index (χ0) is 8.48. The highest BCUT2D eigenvalue weighted by molar-refractivity contribution is 9.10. The summed E-state index contributed by atoms with van der Waals surface area (Å²) in [5, 5.41) is 9.09. The monoisotopic (exact) mass is 216 g/mol. The Kier molecular flexibility index (Phi) is 2.18. The second-order valence-electron chi connectivity index (χ2n) is 2.74. The van der Waals surface area contributed by atoms with Crippen molar-refractivity contribution < 1.29 is 9.90 Å². The standard InChI is InChI=1S/C8H9BrO2/c1-8(9)4-7(11)3-2-6(8)5-10/h2-6,11H,1H3. The van der Waals surface area contributed by atoms with Gasteiger partial charge in [0.2, 0.25) is 0 Å². The lowest BCUT2D eigenvalue weighted by Crippen LogP contribution is -2.27. The van der Waals surface area contributed by atoms with E-state index in [0.29, 0.717) is 0 Å². The molecule has 0 aromatic rings. The third-order valence-electron chi connectivity index (χ3n) is 1.70. The van der Waals surface area contributed by atoms with Gasteiger partial charge in [-0.1, -0.05) is 22.0 Å². The molecule has 0 radical (unpaired) electrons. The molecule has 3 heteroatoms. The molecule has 1 N–H and O–H groups in total. The Hall–Kier alpha value is -0.570. The number of alkyl halides is 1. The molecule has 2 nitrogen and oxygen atoms in total. The minimum Gasteiger partial charge on any atom is -0.508 e. The van der Waals surface area contributed by atoms with Crippen molar-refractivity contribution in [1.29, 1.82) is 0 Å². The van der Waals surface area contributed by atoms with E-state index in [2.05, 4.69) is 15.9 Å². The van der Waals surface area contributed by atoms with Crippen molar-refractivity contribution >= 4 is 22.2 Å². The number of hydrogen-bond donors (Lipinski definition) is 1. The molecule has 0 aliphatic heterocycles. The van der Waals surface area contributed by atoms with Crippen LogP contribution in [0.3, 0.4) is 0 Å². The first-order chi connectivity index (χ1) is 5.06. The van der Waals surface area contributed by atoms with Crippen LogP contribution in [0.2, 0.25) is 0 Å². The molecular formula is C8H9BrO2. The van der Waals surface area contributed by atoms with Crippen LogP contribution in [0, 0.1) is 5.92 Å². The zero-order valence-electron chi connectivity index (χ0n) is 6.12. The van der Waals surface area contributed by atoms with E-state index < -0.39 is 4.32 Å². The maximum atomic E-state index is 10.5. The number of hydrogen-bond acceptors (Lipinski definition) is 2. The summed E-state index contributed by atoms with van der Waals surface area (Å²) in [6, 6.07) is 0. The van der Waals surface area contributed by atoms with E-state index in [9.17, 15) is 4.79 Å². The zero-order valence-corrected chi connectivity index (χ0v) is 7.71. The van der Waals surface area contributed by atoms with Gasteiger partial charge in [-0.3, -0.25) is 0 Å². The van der Waals surface area contributed by atoms with E-state index in [4.69, 9.17) is 5.11 Å². The van der Waals surface area contributed by atoms with Crippen LogP contribution in [0.5, 0.6) is 0 Å². The highest BCUT2D eigenvalue weighted by Crippen LogP contribution is 2.32. The van der Waals surface area contributed by atoms with Crippen molar-refractivity contribution in [2.24, 2.45) is 5.92 Å². The Bertz CT molecular complexity index is 228. The predicted molar refractivity (Wildman–Crippen MR) is 46.7 cm³/mol. The van der Waals surface area contributed by atoms with Crippen molar-refractivity contribution in [2.75, 3.05) is 0 Å². The van der Waals surface area contributed by atoms with Crippen LogP contribution in [0.1, 0.15) is 6.92 Å². The molecule has 0 saturated carbocycles. The first-order valence-electron chi connectivity index (χ1n) is 3.30. The average Bonchev–Trinajstić information content (AvgIpc) is 1.85. The van der Waals surface area contributed by atoms with Gasteiger partial charge in [-0.2, -0.15) is 0 Å². The van der Waals surface area contributed by atoms with Gasteiger partial charge < -0.3 is 9.90 Å². The molecule has 2 unspecified atom stereocenters. The number of carbonyl (C=O) groups excluding carboxylic acids is 1. The molecule has 0 bridgehead atoms. The number of aliphatic hydroxyl groups is 1. The summed E-state index contributed by atoms with van der Waals surface area (Å²) in [5.41, 5.74) is 0. The van der Waals surface area contributed by atoms with E-state index >= 15 is 0 Å². The molecule has 0 amide bonds. The summed E-state index contributed by atoms with van der Waals surface area (Å²) in [5.74, 6) is 0.000810. The quantitative estimate of drug-likeness (QED) is 0.538. The SMILES string of the molecule is CC1(Br)C=C(O)C=CC1C=O. The summed E-state index contributed by atoms with van der Waals surface area (Å²) in [6.07, 6.45) is 5.68. The van der Waals surface area contributed by atoms with Crippen LogP contribution in [0.15, 0.2) is 24.0 Å². The predicted octanol–water partition coefficient (Wildman–Crippen LogP) is 1.97. The molecule has 2 atom stereocenters. The molecule has 60 valence electrons. The first-order valence-corrected chi connectivity index (χ1v) is 4.10. The van der Waals surface area contributed by atoms with Gasteiger partial charge in [0.05, 0.1) is 10.2 Å². The van der Waals surface area contributed by atoms with E-state index in [1.54, 1.807) is 12.2 Å². The smallest absolute Gasteiger partial charge is 0.128 e. The second kappa shape index (κ2) is 2.81. The molecule has 0 heterocycles. The fraction of sp³-hybridized carbons (Fsp3) is 0.375. The van der Waals surface area contributed by atoms with Crippen LogP contribution in [0.25, 0.3) is 0 Å². The van der Waals surface area contributed by atoms with Crippen molar-refractivity contribution in [3.05, 3.63) is 24.0 Å². The van der Waals surface area contributed by atoms with Gasteiger partial charge in [0.25, 0.3) is 0 Å². The fourth-order valence-corrected chi connectivity index (χ4v) is 1.50. The molecule has 0 spiro atoms. The summed E-state index contributed by atoms with van der Waals surface area (Å²) in [4.78, 5) is 10.5. The molecule has 1 aliphatic carbocycles. The lowest BCUT2D eigenvalue weighted by atomic mass is 9.90. The minimum absolute atomic E-state index is 0.196. The lowest BCUT2D eigenvalue weighted by Gasteiger charge is -2.25. The van der Waals surface area contributed by atoms with Crippen LogP contribution in [-0.2, 0) is 4.79 Å². The largest absolute Gasteiger partial charge is 0.508 e. The summed E-state index contributed by atoms with van der Waals surface area (Å²) < 4.78 is -0.437. The Labute approximate surface area is 73.7 Å². The van der Waals surface area contributed by atoms with Crippen LogP contribution in [0.4, 0.5) is 0 Å². The van der Waals surface area contributed by atoms with Gasteiger partial charge in [0, 0.05) is 0 Å². The summed E-state index contributed by atoms with van der Waals surface area (Å²) in [6.45, 7) is 1.84. The van der Waals surface area contributed by atoms with Crippen molar-refractivity contribution in [2.45, 2.75) is 11.2 Å². The molecule has 0 fully saturated rings. The van der Waals surface area contributed by atoms with Crippen LogP contribution >= 0.6 is 15.9 Å². The summed E-state index contributed by atoms with van der Waals surface area (Å²) >= 11 is 3.34. The molecule has 0 saturated heterocycles. The highest BCUT2D eigenvalue weighted by Gasteiger charge is 2.29. The van der Waals surface area contributed by atoms with Crippen LogP contribution in [-0.4, -0.2) is 15.7 Å². The van der Waals surface area contributed by atoms with Crippen molar-refractivity contribution in [3.63, 3.8) is 0 Å². The number of aldehydes is 1. The Morgan fingerprint density at radius 1 is 1.82 bits per heavy atom. The number of rotatable bonds is 1. The maximum Gasteiger partial charge on any atom is 0.128 e. The third-order valence-corrected chi connectivity index (χ3v) is 2.46. The summed E-state index contributed by atoms with van der Waals surface area (Å²) in [7, 11) is 0.